The molecule has 2 aromatic carbocycles. The fourth-order valence-corrected chi connectivity index (χ4v) is 8.79. The van der Waals surface area contributed by atoms with Crippen LogP contribution in [0.25, 0.3) is 16.7 Å². The van der Waals surface area contributed by atoms with E-state index in [1.807, 2.05) is 37.5 Å². The Morgan fingerprint density at radius 2 is 1.73 bits per heavy atom. The van der Waals surface area contributed by atoms with Gasteiger partial charge in [-0.2, -0.15) is 0 Å². The van der Waals surface area contributed by atoms with E-state index in [1.165, 1.54) is 28.6 Å². The number of rotatable bonds is 19. The van der Waals surface area contributed by atoms with Gasteiger partial charge in [-0.3, -0.25) is 34.3 Å². The molecule has 3 aromatic rings. The number of allylic oxidation sites excluding steroid dienone is 4. The molecule has 3 heterocycles. The third-order valence-corrected chi connectivity index (χ3v) is 12.7. The van der Waals surface area contributed by atoms with Gasteiger partial charge in [-0.25, -0.2) is 0 Å². The molecule has 2 aliphatic heterocycles. The van der Waals surface area contributed by atoms with Crippen LogP contribution in [0.4, 0.5) is 10.5 Å². The topological polar surface area (TPSA) is 138 Å². The fourth-order valence-electron chi connectivity index (χ4n) is 7.50. The number of aromatic nitrogens is 1. The number of benzene rings is 2. The predicted octanol–water partition coefficient (Wildman–Crippen LogP) is 9.26. The molecule has 2 aliphatic rings. The summed E-state index contributed by atoms with van der Waals surface area (Å²) in [4.78, 5) is 69.0. The van der Waals surface area contributed by atoms with Crippen molar-refractivity contribution < 1.29 is 28.7 Å². The van der Waals surface area contributed by atoms with Crippen LogP contribution in [-0.2, 0) is 14.3 Å². The van der Waals surface area contributed by atoms with Gasteiger partial charge in [0, 0.05) is 49.2 Å². The van der Waals surface area contributed by atoms with Crippen molar-refractivity contribution in [1.82, 2.24) is 20.1 Å². The van der Waals surface area contributed by atoms with Crippen LogP contribution < -0.4 is 10.6 Å². The number of amides is 4. The van der Waals surface area contributed by atoms with E-state index in [-0.39, 0.29) is 41.6 Å². The Kier molecular flexibility index (Phi) is 16.6. The maximum absolute atomic E-state index is 13.1. The number of hydrogen-bond acceptors (Lipinski definition) is 8. The van der Waals surface area contributed by atoms with Crippen LogP contribution in [-0.4, -0.2) is 89.4 Å². The van der Waals surface area contributed by atoms with Gasteiger partial charge in [0.25, 0.3) is 11.6 Å². The molecule has 11 nitrogen and oxygen atoms in total. The minimum absolute atomic E-state index is 0.0380. The average Bonchev–Trinajstić information content (AvgIpc) is 3.22. The predicted molar refractivity (Wildman–Crippen MR) is 241 cm³/mol. The number of nitrogens with zero attached hydrogens (tertiary/aromatic N) is 3. The standard InChI is InChI=1S/C48H58N5O6P/c1-7-36(37-17-19-41(34(3)27-37)43-29-49-25-23-33(43)2)16-15-35(4)59-40-30-53(31-40)48(58)60(6)26-14-12-10-8-9-11-13-24-50-39-18-20-42(38(28-39)32-54)47(57)52(5)44-21-22-45(55)51-46(44)56/h6-7,15-20,23,25,27-29,32,40,44,50H,4,8-14,21-22,24,26,30-31H2,1-3,5H3,(H,51,55,56)/b16-15-,36-7+. The van der Waals surface area contributed by atoms with Gasteiger partial charge < -0.3 is 19.9 Å². The summed E-state index contributed by atoms with van der Waals surface area (Å²) < 4.78 is 6.04. The first-order valence-electron chi connectivity index (χ1n) is 20.9. The maximum Gasteiger partial charge on any atom is 0.271 e. The largest absolute Gasteiger partial charge is 0.487 e. The van der Waals surface area contributed by atoms with E-state index in [1.54, 1.807) is 23.1 Å². The van der Waals surface area contributed by atoms with E-state index < -0.39 is 25.2 Å². The number of unbranched alkanes of at least 4 members (excludes halogenated alkanes) is 6. The Hall–Kier alpha value is -5.76. The van der Waals surface area contributed by atoms with Crippen molar-refractivity contribution in [2.45, 2.75) is 90.7 Å². The SMILES string of the molecule is C#P(CCCCCCCCCNc1ccc(C(=O)N(C)C2CCC(=O)NC2=O)c(C=O)c1)C(=O)N1CC(OC(=C)/C=C\C(=C/C)c2ccc(-c3cnccc3C)c(C)c2)C1. The molecule has 1 aromatic heterocycles. The van der Waals surface area contributed by atoms with Crippen LogP contribution in [0.15, 0.2) is 85.4 Å². The summed E-state index contributed by atoms with van der Waals surface area (Å²) in [6.45, 7) is 12.1. The van der Waals surface area contributed by atoms with Crippen molar-refractivity contribution in [3.63, 3.8) is 0 Å². The van der Waals surface area contributed by atoms with Crippen LogP contribution in [0.3, 0.4) is 0 Å². The Morgan fingerprint density at radius 1 is 1.00 bits per heavy atom. The molecule has 5 rings (SSSR count). The Morgan fingerprint density at radius 3 is 2.42 bits per heavy atom. The smallest absolute Gasteiger partial charge is 0.271 e. The minimum Gasteiger partial charge on any atom is -0.487 e. The number of pyridine rings is 1. The lowest BCUT2D eigenvalue weighted by molar-refractivity contribution is -0.136. The summed E-state index contributed by atoms with van der Waals surface area (Å²) in [5.41, 5.74) is 8.10. The average molecular weight is 832 g/mol. The zero-order valence-electron chi connectivity index (χ0n) is 35.4. The molecule has 0 aliphatic carbocycles. The number of likely N-dealkylation sites (tertiary alicyclic amines) is 1. The fraction of sp³-hybridized carbons (Fsp3) is 0.396. The second-order valence-electron chi connectivity index (χ2n) is 15.6. The lowest BCUT2D eigenvalue weighted by Crippen LogP contribution is -2.53. The molecule has 0 spiro atoms. The number of hydrogen-bond donors (Lipinski definition) is 2. The lowest BCUT2D eigenvalue weighted by atomic mass is 9.94. The highest BCUT2D eigenvalue weighted by Crippen LogP contribution is 2.31. The molecule has 60 heavy (non-hydrogen) atoms. The van der Waals surface area contributed by atoms with E-state index in [4.69, 9.17) is 10.9 Å². The second-order valence-corrected chi connectivity index (χ2v) is 17.4. The molecule has 2 saturated heterocycles. The molecule has 0 saturated carbocycles. The molecular weight excluding hydrogens is 774 g/mol. The number of aryl methyl sites for hydroxylation is 2. The minimum atomic E-state index is -1.21. The van der Waals surface area contributed by atoms with Crippen LogP contribution >= 0.6 is 7.38 Å². The van der Waals surface area contributed by atoms with Gasteiger partial charge in [-0.05, 0) is 112 Å². The number of carbonyl (C=O) groups is 5. The Balaban J connectivity index is 0.911. The number of aldehydes is 1. The molecule has 0 bridgehead atoms. The van der Waals surface area contributed by atoms with Gasteiger partial charge in [0.1, 0.15) is 17.9 Å². The summed E-state index contributed by atoms with van der Waals surface area (Å²) in [7, 11) is 0.297. The highest BCUT2D eigenvalue weighted by Gasteiger charge is 2.34. The van der Waals surface area contributed by atoms with Gasteiger partial charge in [-0.1, -0.05) is 69.0 Å². The van der Waals surface area contributed by atoms with Crippen LogP contribution in [0.5, 0.6) is 0 Å². The monoisotopic (exact) mass is 831 g/mol. The van der Waals surface area contributed by atoms with Crippen molar-refractivity contribution in [3.8, 4) is 17.3 Å². The molecule has 2 N–H and O–H groups in total. The summed E-state index contributed by atoms with van der Waals surface area (Å²) in [5, 5.41) is 5.59. The number of anilines is 1. The lowest BCUT2D eigenvalue weighted by Gasteiger charge is -2.39. The van der Waals surface area contributed by atoms with Gasteiger partial charge in [0.2, 0.25) is 11.8 Å². The highest BCUT2D eigenvalue weighted by atomic mass is 31.1. The zero-order valence-corrected chi connectivity index (χ0v) is 36.3. The van der Waals surface area contributed by atoms with E-state index in [2.05, 4.69) is 60.3 Å². The summed E-state index contributed by atoms with van der Waals surface area (Å²) in [5.74, 6) is -0.746. The molecule has 316 valence electrons. The van der Waals surface area contributed by atoms with E-state index in [0.717, 1.165) is 80.0 Å². The third-order valence-electron chi connectivity index (χ3n) is 11.1. The zero-order chi connectivity index (χ0) is 43.2. The first-order chi connectivity index (χ1) is 28.9. The number of imide groups is 1. The van der Waals surface area contributed by atoms with Crippen molar-refractivity contribution >= 4 is 48.3 Å². The number of piperidine rings is 1. The highest BCUT2D eigenvalue weighted by molar-refractivity contribution is 7.64. The molecule has 2 unspecified atom stereocenters. The van der Waals surface area contributed by atoms with Crippen molar-refractivity contribution in [1.29, 1.82) is 0 Å². The number of likely N-dealkylation sites (N-methyl/N-ethyl adjacent to an activating group) is 1. The van der Waals surface area contributed by atoms with Crippen molar-refractivity contribution in [2.24, 2.45) is 0 Å². The molecular formula is C48H58N5O6P. The van der Waals surface area contributed by atoms with Gasteiger partial charge in [0.15, 0.2) is 6.29 Å². The summed E-state index contributed by atoms with van der Waals surface area (Å²) in [6, 6.07) is 12.7. The van der Waals surface area contributed by atoms with Crippen LogP contribution in [0, 0.1) is 20.0 Å². The second kappa shape index (κ2) is 22.0. The number of carbonyl (C=O) groups excluding carboxylic acids is 5. The normalized spacial score (nSPS) is 15.9. The summed E-state index contributed by atoms with van der Waals surface area (Å²) >= 11 is 0. The first-order valence-corrected chi connectivity index (χ1v) is 22.5. The summed E-state index contributed by atoms with van der Waals surface area (Å²) in [6.07, 6.45) is 25.0. The first kappa shape index (κ1) is 45.3. The van der Waals surface area contributed by atoms with Gasteiger partial charge >= 0.3 is 0 Å². The molecule has 4 amide bonds. The quantitative estimate of drug-likeness (QED) is 0.0305. The molecule has 2 fully saturated rings. The van der Waals surface area contributed by atoms with Crippen molar-refractivity contribution in [2.75, 3.05) is 38.2 Å². The number of ether oxygens (including phenoxy) is 1. The molecule has 0 radical (unpaired) electrons. The van der Waals surface area contributed by atoms with Crippen molar-refractivity contribution in [3.05, 3.63) is 113 Å². The maximum atomic E-state index is 13.1. The van der Waals surface area contributed by atoms with Gasteiger partial charge in [-0.15, -0.1) is 6.13 Å². The molecule has 12 heteroatoms. The van der Waals surface area contributed by atoms with E-state index in [0.29, 0.717) is 25.1 Å². The molecule has 2 atom stereocenters. The van der Waals surface area contributed by atoms with Crippen LogP contribution in [0.2, 0.25) is 0 Å². The van der Waals surface area contributed by atoms with E-state index >= 15 is 0 Å². The number of nitrogens with one attached hydrogen (secondary N) is 2. The van der Waals surface area contributed by atoms with E-state index in [9.17, 15) is 24.0 Å². The van der Waals surface area contributed by atoms with Gasteiger partial charge in [0.05, 0.1) is 18.7 Å². The third kappa shape index (κ3) is 12.2. The Bertz CT molecular complexity index is 2220. The Labute approximate surface area is 355 Å². The van der Waals surface area contributed by atoms with Crippen LogP contribution in [0.1, 0.15) is 102 Å².